The minimum atomic E-state index is -0.420. The van der Waals surface area contributed by atoms with Crippen LogP contribution in [-0.2, 0) is 16.1 Å². The smallest absolute Gasteiger partial charge is 0.237 e. The molecule has 3 N–H and O–H groups in total. The van der Waals surface area contributed by atoms with E-state index in [1.54, 1.807) is 11.3 Å². The highest BCUT2D eigenvalue weighted by atomic mass is 79.9. The van der Waals surface area contributed by atoms with E-state index in [1.807, 2.05) is 11.4 Å². The molecular formula is C12H18BrClN2O2S. The van der Waals surface area contributed by atoms with E-state index >= 15 is 0 Å². The molecule has 0 aromatic carbocycles. The fourth-order valence-corrected chi connectivity index (χ4v) is 3.24. The number of rotatable bonds is 4. The van der Waals surface area contributed by atoms with Crippen LogP contribution in [0.5, 0.6) is 0 Å². The number of amides is 1. The van der Waals surface area contributed by atoms with E-state index in [4.69, 9.17) is 10.5 Å². The molecule has 1 aromatic rings. The quantitative estimate of drug-likeness (QED) is 0.856. The van der Waals surface area contributed by atoms with Gasteiger partial charge in [-0.3, -0.25) is 4.79 Å². The summed E-state index contributed by atoms with van der Waals surface area (Å²) in [6, 6.07) is 1.58. The summed E-state index contributed by atoms with van der Waals surface area (Å²) >= 11 is 5.01. The van der Waals surface area contributed by atoms with Crippen molar-refractivity contribution < 1.29 is 9.53 Å². The predicted molar refractivity (Wildman–Crippen MR) is 82.6 cm³/mol. The van der Waals surface area contributed by atoms with Crippen molar-refractivity contribution in [3.63, 3.8) is 0 Å². The van der Waals surface area contributed by atoms with Crippen LogP contribution in [0.4, 0.5) is 0 Å². The average molecular weight is 370 g/mol. The van der Waals surface area contributed by atoms with Crippen LogP contribution in [0.15, 0.2) is 15.2 Å². The second-order valence-electron chi connectivity index (χ2n) is 4.45. The first-order valence-electron chi connectivity index (χ1n) is 6.01. The van der Waals surface area contributed by atoms with Gasteiger partial charge in [-0.2, -0.15) is 0 Å². The van der Waals surface area contributed by atoms with E-state index in [1.165, 1.54) is 0 Å². The SMILES string of the molecule is Cl.NC(C(=O)NCc1csc(Br)c1)C1CCOCC1. The number of thiophene rings is 1. The van der Waals surface area contributed by atoms with Gasteiger partial charge in [0.25, 0.3) is 0 Å². The van der Waals surface area contributed by atoms with E-state index < -0.39 is 6.04 Å². The molecule has 0 radical (unpaired) electrons. The van der Waals surface area contributed by atoms with Crippen molar-refractivity contribution in [3.8, 4) is 0 Å². The fourth-order valence-electron chi connectivity index (χ4n) is 2.03. The van der Waals surface area contributed by atoms with Gasteiger partial charge in [-0.05, 0) is 51.7 Å². The molecule has 1 atom stereocenters. The minimum absolute atomic E-state index is 0. The Morgan fingerprint density at radius 2 is 2.26 bits per heavy atom. The summed E-state index contributed by atoms with van der Waals surface area (Å²) in [5, 5.41) is 4.91. The third-order valence-electron chi connectivity index (χ3n) is 3.17. The van der Waals surface area contributed by atoms with Gasteiger partial charge in [0.1, 0.15) is 0 Å². The summed E-state index contributed by atoms with van der Waals surface area (Å²) in [4.78, 5) is 11.9. The maximum absolute atomic E-state index is 11.9. The molecule has 1 unspecified atom stereocenters. The molecule has 1 aliphatic heterocycles. The van der Waals surface area contributed by atoms with Gasteiger partial charge in [-0.25, -0.2) is 0 Å². The Hall–Kier alpha value is -0.140. The third kappa shape index (κ3) is 5.04. The van der Waals surface area contributed by atoms with Crippen LogP contribution in [0.25, 0.3) is 0 Å². The van der Waals surface area contributed by atoms with Gasteiger partial charge in [0.15, 0.2) is 0 Å². The van der Waals surface area contributed by atoms with Crippen molar-refractivity contribution in [2.75, 3.05) is 13.2 Å². The lowest BCUT2D eigenvalue weighted by atomic mass is 9.92. The van der Waals surface area contributed by atoms with E-state index in [9.17, 15) is 4.79 Å². The molecular weight excluding hydrogens is 352 g/mol. The van der Waals surface area contributed by atoms with Crippen LogP contribution < -0.4 is 11.1 Å². The van der Waals surface area contributed by atoms with Gasteiger partial charge in [0, 0.05) is 19.8 Å². The number of hydrogen-bond acceptors (Lipinski definition) is 4. The highest BCUT2D eigenvalue weighted by molar-refractivity contribution is 9.11. The fraction of sp³-hybridized carbons (Fsp3) is 0.583. The first-order chi connectivity index (χ1) is 8.66. The third-order valence-corrected chi connectivity index (χ3v) is 4.72. The molecule has 1 aromatic heterocycles. The normalized spacial score (nSPS) is 17.6. The number of carbonyl (C=O) groups excluding carboxylic acids is 1. The average Bonchev–Trinajstić information content (AvgIpc) is 2.82. The van der Waals surface area contributed by atoms with Gasteiger partial charge in [0.05, 0.1) is 9.83 Å². The van der Waals surface area contributed by atoms with Crippen molar-refractivity contribution in [3.05, 3.63) is 20.8 Å². The summed E-state index contributed by atoms with van der Waals surface area (Å²) in [5.74, 6) is 0.178. The Morgan fingerprint density at radius 3 is 2.84 bits per heavy atom. The Balaban J connectivity index is 0.00000180. The summed E-state index contributed by atoms with van der Waals surface area (Å²) in [5.41, 5.74) is 7.08. The molecule has 1 saturated heterocycles. The Labute approximate surface area is 131 Å². The first-order valence-corrected chi connectivity index (χ1v) is 7.68. The second kappa shape index (κ2) is 8.21. The van der Waals surface area contributed by atoms with Crippen molar-refractivity contribution in [1.29, 1.82) is 0 Å². The van der Waals surface area contributed by atoms with Gasteiger partial charge in [-0.15, -0.1) is 23.7 Å². The van der Waals surface area contributed by atoms with Gasteiger partial charge in [-0.1, -0.05) is 0 Å². The molecule has 2 rings (SSSR count). The molecule has 0 saturated carbocycles. The van der Waals surface area contributed by atoms with Crippen LogP contribution in [0.1, 0.15) is 18.4 Å². The van der Waals surface area contributed by atoms with E-state index in [-0.39, 0.29) is 24.2 Å². The summed E-state index contributed by atoms with van der Waals surface area (Å²) in [7, 11) is 0. The molecule has 108 valence electrons. The van der Waals surface area contributed by atoms with Crippen LogP contribution in [0.2, 0.25) is 0 Å². The van der Waals surface area contributed by atoms with Crippen molar-refractivity contribution in [2.45, 2.75) is 25.4 Å². The largest absolute Gasteiger partial charge is 0.381 e. The number of halogens is 2. The molecule has 0 bridgehead atoms. The number of nitrogens with one attached hydrogen (secondary N) is 1. The highest BCUT2D eigenvalue weighted by Crippen LogP contribution is 2.21. The van der Waals surface area contributed by atoms with E-state index in [2.05, 4.69) is 21.2 Å². The zero-order chi connectivity index (χ0) is 13.0. The monoisotopic (exact) mass is 368 g/mol. The number of nitrogens with two attached hydrogens (primary N) is 1. The van der Waals surface area contributed by atoms with Crippen LogP contribution >= 0.6 is 39.7 Å². The van der Waals surface area contributed by atoms with Gasteiger partial charge < -0.3 is 15.8 Å². The summed E-state index contributed by atoms with van der Waals surface area (Å²) in [6.07, 6.45) is 1.75. The first kappa shape index (κ1) is 16.9. The Kier molecular flexibility index (Phi) is 7.31. The van der Waals surface area contributed by atoms with Crippen LogP contribution in [0, 0.1) is 5.92 Å². The standard InChI is InChI=1S/C12H17BrN2O2S.ClH/c13-10-5-8(7-18-10)6-15-12(16)11(14)9-1-3-17-4-2-9;/h5,7,9,11H,1-4,6,14H2,(H,15,16);1H. The number of hydrogen-bond donors (Lipinski definition) is 2. The van der Waals surface area contributed by atoms with Crippen molar-refractivity contribution in [2.24, 2.45) is 11.7 Å². The zero-order valence-electron chi connectivity index (χ0n) is 10.4. The molecule has 7 heteroatoms. The van der Waals surface area contributed by atoms with E-state index in [0.29, 0.717) is 19.8 Å². The Morgan fingerprint density at radius 1 is 1.58 bits per heavy atom. The number of carbonyl (C=O) groups is 1. The second-order valence-corrected chi connectivity index (χ2v) is 6.74. The predicted octanol–water partition coefficient (Wildman–Crippen LogP) is 2.30. The summed E-state index contributed by atoms with van der Waals surface area (Å²) < 4.78 is 6.34. The summed E-state index contributed by atoms with van der Waals surface area (Å²) in [6.45, 7) is 1.96. The lowest BCUT2D eigenvalue weighted by molar-refractivity contribution is -0.124. The molecule has 0 spiro atoms. The lowest BCUT2D eigenvalue weighted by Crippen LogP contribution is -2.46. The number of ether oxygens (including phenoxy) is 1. The Bertz CT molecular complexity index is 410. The van der Waals surface area contributed by atoms with E-state index in [0.717, 1.165) is 22.2 Å². The lowest BCUT2D eigenvalue weighted by Gasteiger charge is -2.26. The molecule has 2 heterocycles. The van der Waals surface area contributed by atoms with Gasteiger partial charge in [0.2, 0.25) is 5.91 Å². The molecule has 1 fully saturated rings. The topological polar surface area (TPSA) is 64.4 Å². The molecule has 1 amide bonds. The van der Waals surface area contributed by atoms with Crippen LogP contribution in [0.3, 0.4) is 0 Å². The van der Waals surface area contributed by atoms with Crippen LogP contribution in [-0.4, -0.2) is 25.2 Å². The van der Waals surface area contributed by atoms with Gasteiger partial charge >= 0.3 is 0 Å². The maximum atomic E-state index is 11.9. The molecule has 19 heavy (non-hydrogen) atoms. The molecule has 0 aliphatic carbocycles. The highest BCUT2D eigenvalue weighted by Gasteiger charge is 2.26. The minimum Gasteiger partial charge on any atom is -0.381 e. The maximum Gasteiger partial charge on any atom is 0.237 e. The van der Waals surface area contributed by atoms with Crippen molar-refractivity contribution in [1.82, 2.24) is 5.32 Å². The molecule has 1 aliphatic rings. The molecule has 4 nitrogen and oxygen atoms in total. The zero-order valence-corrected chi connectivity index (χ0v) is 13.7. The van der Waals surface area contributed by atoms with Crippen molar-refractivity contribution >= 4 is 45.6 Å².